The number of methoxy groups -OCH3 is 1. The van der Waals surface area contributed by atoms with E-state index < -0.39 is 6.10 Å². The number of aryl methyl sites for hydroxylation is 1. The monoisotopic (exact) mass is 261 g/mol. The maximum absolute atomic E-state index is 10.5. The predicted molar refractivity (Wildman–Crippen MR) is 74.0 cm³/mol. The van der Waals surface area contributed by atoms with Gasteiger partial charge in [-0.05, 0) is 12.5 Å². The number of aliphatic hydroxyl groups is 1. The fraction of sp³-hybridized carbons (Fsp3) is 0.357. The first kappa shape index (κ1) is 13.4. The van der Waals surface area contributed by atoms with Crippen molar-refractivity contribution in [2.24, 2.45) is 0 Å². The Kier molecular flexibility index (Phi) is 4.06. The van der Waals surface area contributed by atoms with Crippen LogP contribution in [-0.2, 0) is 6.54 Å². The zero-order chi connectivity index (χ0) is 13.8. The Morgan fingerprint density at radius 2 is 2.26 bits per heavy atom. The maximum Gasteiger partial charge on any atom is 0.142 e. The molecule has 0 amide bonds. The molecule has 1 unspecified atom stereocenters. The number of rotatable bonds is 5. The molecule has 2 aromatic rings. The number of anilines is 1. The number of para-hydroxylation sites is 1. The molecule has 0 fully saturated rings. The molecule has 0 spiro atoms. The van der Waals surface area contributed by atoms with Crippen LogP contribution in [0.1, 0.15) is 30.8 Å². The standard InChI is InChI=1S/C14H19N3O2/c1-3-8-17-9-7-16-14(17)13(18)10-5-4-6-11(19-2)12(10)15/h4-7,9,13,18H,3,8,15H2,1-2H3. The van der Waals surface area contributed by atoms with Gasteiger partial charge in [0, 0.05) is 24.5 Å². The van der Waals surface area contributed by atoms with Gasteiger partial charge in [0.1, 0.15) is 17.7 Å². The number of imidazole rings is 1. The average Bonchev–Trinajstić information content (AvgIpc) is 2.87. The molecule has 0 saturated carbocycles. The lowest BCUT2D eigenvalue weighted by atomic mass is 10.1. The van der Waals surface area contributed by atoms with Crippen molar-refractivity contribution in [3.05, 3.63) is 42.0 Å². The Labute approximate surface area is 112 Å². The predicted octanol–water partition coefficient (Wildman–Crippen LogP) is 1.97. The van der Waals surface area contributed by atoms with Gasteiger partial charge in [0.2, 0.25) is 0 Å². The lowest BCUT2D eigenvalue weighted by molar-refractivity contribution is 0.204. The minimum absolute atomic E-state index is 0.448. The Morgan fingerprint density at radius 1 is 1.47 bits per heavy atom. The van der Waals surface area contributed by atoms with Crippen LogP contribution in [0.5, 0.6) is 5.75 Å². The van der Waals surface area contributed by atoms with Crippen LogP contribution in [0, 0.1) is 0 Å². The van der Waals surface area contributed by atoms with Crippen LogP contribution in [0.25, 0.3) is 0 Å². The molecule has 0 radical (unpaired) electrons. The molecule has 0 bridgehead atoms. The third-order valence-corrected chi connectivity index (χ3v) is 3.07. The van der Waals surface area contributed by atoms with Crippen LogP contribution in [0.3, 0.4) is 0 Å². The van der Waals surface area contributed by atoms with E-state index in [0.717, 1.165) is 13.0 Å². The zero-order valence-electron chi connectivity index (χ0n) is 11.2. The van der Waals surface area contributed by atoms with Crippen LogP contribution in [0.4, 0.5) is 5.69 Å². The van der Waals surface area contributed by atoms with Crippen molar-refractivity contribution in [1.29, 1.82) is 0 Å². The third-order valence-electron chi connectivity index (χ3n) is 3.07. The molecule has 0 aliphatic heterocycles. The number of aromatic nitrogens is 2. The van der Waals surface area contributed by atoms with Crippen molar-refractivity contribution in [3.63, 3.8) is 0 Å². The van der Waals surface area contributed by atoms with Crippen LogP contribution in [0.2, 0.25) is 0 Å². The van der Waals surface area contributed by atoms with Gasteiger partial charge in [-0.1, -0.05) is 19.1 Å². The molecule has 2 rings (SSSR count). The summed E-state index contributed by atoms with van der Waals surface area (Å²) >= 11 is 0. The molecule has 0 saturated heterocycles. The number of benzene rings is 1. The largest absolute Gasteiger partial charge is 0.495 e. The van der Waals surface area contributed by atoms with E-state index in [1.807, 2.05) is 10.8 Å². The number of ether oxygens (including phenoxy) is 1. The van der Waals surface area contributed by atoms with E-state index in [1.165, 1.54) is 0 Å². The van der Waals surface area contributed by atoms with E-state index in [4.69, 9.17) is 10.5 Å². The van der Waals surface area contributed by atoms with Crippen molar-refractivity contribution < 1.29 is 9.84 Å². The summed E-state index contributed by atoms with van der Waals surface area (Å²) in [5.41, 5.74) is 7.06. The molecule has 1 aromatic carbocycles. The first-order chi connectivity index (χ1) is 9.19. The highest BCUT2D eigenvalue weighted by Gasteiger charge is 2.19. The molecule has 5 heteroatoms. The molecule has 1 atom stereocenters. The van der Waals surface area contributed by atoms with Crippen molar-refractivity contribution in [3.8, 4) is 5.75 Å². The molecular formula is C14H19N3O2. The van der Waals surface area contributed by atoms with Gasteiger partial charge in [-0.2, -0.15) is 0 Å². The average molecular weight is 261 g/mol. The van der Waals surface area contributed by atoms with Crippen LogP contribution in [-0.4, -0.2) is 21.8 Å². The van der Waals surface area contributed by atoms with Gasteiger partial charge in [0.25, 0.3) is 0 Å². The van der Waals surface area contributed by atoms with E-state index in [0.29, 0.717) is 22.8 Å². The lowest BCUT2D eigenvalue weighted by Crippen LogP contribution is -2.11. The van der Waals surface area contributed by atoms with Gasteiger partial charge in [0.05, 0.1) is 12.8 Å². The quantitative estimate of drug-likeness (QED) is 0.807. The fourth-order valence-corrected chi connectivity index (χ4v) is 2.11. The van der Waals surface area contributed by atoms with Crippen LogP contribution < -0.4 is 10.5 Å². The SMILES string of the molecule is CCCn1ccnc1C(O)c1cccc(OC)c1N. The summed E-state index contributed by atoms with van der Waals surface area (Å²) in [5, 5.41) is 10.5. The van der Waals surface area contributed by atoms with E-state index in [-0.39, 0.29) is 0 Å². The minimum atomic E-state index is -0.850. The first-order valence-corrected chi connectivity index (χ1v) is 6.30. The van der Waals surface area contributed by atoms with Gasteiger partial charge in [-0.3, -0.25) is 0 Å². The summed E-state index contributed by atoms with van der Waals surface area (Å²) in [6.45, 7) is 2.90. The van der Waals surface area contributed by atoms with Crippen molar-refractivity contribution >= 4 is 5.69 Å². The van der Waals surface area contributed by atoms with Crippen molar-refractivity contribution in [1.82, 2.24) is 9.55 Å². The highest BCUT2D eigenvalue weighted by Crippen LogP contribution is 2.32. The van der Waals surface area contributed by atoms with Crippen LogP contribution in [0.15, 0.2) is 30.6 Å². The van der Waals surface area contributed by atoms with Gasteiger partial charge >= 0.3 is 0 Å². The van der Waals surface area contributed by atoms with E-state index >= 15 is 0 Å². The number of nitrogens with two attached hydrogens (primary N) is 1. The number of aliphatic hydroxyl groups excluding tert-OH is 1. The van der Waals surface area contributed by atoms with Gasteiger partial charge in [-0.25, -0.2) is 4.98 Å². The highest BCUT2D eigenvalue weighted by atomic mass is 16.5. The third kappa shape index (κ3) is 2.56. The van der Waals surface area contributed by atoms with Gasteiger partial charge in [0.15, 0.2) is 0 Å². The molecule has 1 aromatic heterocycles. The topological polar surface area (TPSA) is 73.3 Å². The Balaban J connectivity index is 2.38. The van der Waals surface area contributed by atoms with E-state index in [2.05, 4.69) is 11.9 Å². The second-order valence-electron chi connectivity index (χ2n) is 4.34. The number of hydrogen-bond donors (Lipinski definition) is 2. The molecular weight excluding hydrogens is 242 g/mol. The highest BCUT2D eigenvalue weighted by molar-refractivity contribution is 5.60. The minimum Gasteiger partial charge on any atom is -0.495 e. The summed E-state index contributed by atoms with van der Waals surface area (Å²) < 4.78 is 7.10. The molecule has 1 heterocycles. The Morgan fingerprint density at radius 3 is 2.95 bits per heavy atom. The number of nitrogen functional groups attached to an aromatic ring is 1. The second-order valence-corrected chi connectivity index (χ2v) is 4.34. The normalized spacial score (nSPS) is 12.4. The van der Waals surface area contributed by atoms with E-state index in [1.54, 1.807) is 31.5 Å². The van der Waals surface area contributed by atoms with Crippen LogP contribution >= 0.6 is 0 Å². The summed E-state index contributed by atoms with van der Waals surface area (Å²) in [5.74, 6) is 1.16. The first-order valence-electron chi connectivity index (χ1n) is 6.30. The molecule has 0 aliphatic rings. The number of nitrogens with zero attached hydrogens (tertiary/aromatic N) is 2. The summed E-state index contributed by atoms with van der Waals surface area (Å²) in [7, 11) is 1.56. The zero-order valence-corrected chi connectivity index (χ0v) is 11.2. The summed E-state index contributed by atoms with van der Waals surface area (Å²) in [4.78, 5) is 4.22. The van der Waals surface area contributed by atoms with Crippen molar-refractivity contribution in [2.45, 2.75) is 26.0 Å². The van der Waals surface area contributed by atoms with Gasteiger partial charge in [-0.15, -0.1) is 0 Å². The summed E-state index contributed by atoms with van der Waals surface area (Å²) in [6, 6.07) is 5.36. The maximum atomic E-state index is 10.5. The molecule has 0 aliphatic carbocycles. The fourth-order valence-electron chi connectivity index (χ4n) is 2.11. The molecule has 19 heavy (non-hydrogen) atoms. The lowest BCUT2D eigenvalue weighted by Gasteiger charge is -2.16. The molecule has 102 valence electrons. The van der Waals surface area contributed by atoms with Crippen molar-refractivity contribution in [2.75, 3.05) is 12.8 Å². The smallest absolute Gasteiger partial charge is 0.142 e. The summed E-state index contributed by atoms with van der Waals surface area (Å²) in [6.07, 6.45) is 3.67. The molecule has 5 nitrogen and oxygen atoms in total. The Hall–Kier alpha value is -2.01. The second kappa shape index (κ2) is 5.75. The number of hydrogen-bond acceptors (Lipinski definition) is 4. The molecule has 3 N–H and O–H groups in total. The van der Waals surface area contributed by atoms with Gasteiger partial charge < -0.3 is 20.1 Å². The van der Waals surface area contributed by atoms with E-state index in [9.17, 15) is 5.11 Å². The Bertz CT molecular complexity index is 551.